The molecule has 0 saturated carbocycles. The van der Waals surface area contributed by atoms with E-state index in [1.54, 1.807) is 0 Å². The van der Waals surface area contributed by atoms with Gasteiger partial charge in [0.2, 0.25) is 0 Å². The van der Waals surface area contributed by atoms with Crippen LogP contribution in [0.25, 0.3) is 98.5 Å². The largest absolute Gasteiger partial charge is 0.456 e. The van der Waals surface area contributed by atoms with E-state index in [2.05, 4.69) is 0 Å². The Morgan fingerprint density at radius 1 is 0.440 bits per heavy atom. The van der Waals surface area contributed by atoms with Gasteiger partial charge in [-0.25, -0.2) is 15.0 Å². The summed E-state index contributed by atoms with van der Waals surface area (Å²) in [5.41, 5.74) is 6.17. The van der Waals surface area contributed by atoms with Crippen LogP contribution in [-0.4, -0.2) is 15.0 Å². The van der Waals surface area contributed by atoms with E-state index < -0.39 is 6.04 Å². The number of furan rings is 1. The van der Waals surface area contributed by atoms with E-state index >= 15 is 0 Å². The molecule has 3 heterocycles. The fraction of sp³-hybridized carbons (Fsp3) is 0. The van der Waals surface area contributed by atoms with Crippen molar-refractivity contribution in [3.05, 3.63) is 164 Å². The number of nitrogens with zero attached hydrogens (tertiary/aromatic N) is 3. The van der Waals surface area contributed by atoms with Crippen molar-refractivity contribution in [2.45, 2.75) is 0 Å². The third kappa shape index (κ3) is 4.87. The van der Waals surface area contributed by atoms with Gasteiger partial charge in [0.15, 0.2) is 17.5 Å². The normalized spacial score (nSPS) is 13.6. The average Bonchev–Trinajstić information content (AvgIpc) is 3.84. The molecule has 5 heteroatoms. The summed E-state index contributed by atoms with van der Waals surface area (Å²) in [4.78, 5) is 15.0. The fourth-order valence-corrected chi connectivity index (χ4v) is 7.53. The minimum Gasteiger partial charge on any atom is -0.456 e. The summed E-state index contributed by atoms with van der Waals surface area (Å²) >= 11 is 1.10. The molecule has 0 saturated heterocycles. The van der Waals surface area contributed by atoms with Gasteiger partial charge in [-0.05, 0) is 64.7 Å². The predicted octanol–water partition coefficient (Wildman–Crippen LogP) is 12.5. The van der Waals surface area contributed by atoms with E-state index in [1.807, 2.05) is 121 Å². The van der Waals surface area contributed by atoms with Gasteiger partial charge in [0.25, 0.3) is 0 Å². The first-order valence-corrected chi connectivity index (χ1v) is 16.8. The summed E-state index contributed by atoms with van der Waals surface area (Å²) in [7, 11) is 0. The molecule has 0 radical (unpaired) electrons. The summed E-state index contributed by atoms with van der Waals surface area (Å²) in [5.74, 6) is 1.25. The Hall–Kier alpha value is -6.43. The average molecular weight is 665 g/mol. The summed E-state index contributed by atoms with van der Waals surface area (Å²) in [6.07, 6.45) is 0. The number of thiophene rings is 1. The minimum atomic E-state index is -0.415. The Morgan fingerprint density at radius 3 is 1.92 bits per heavy atom. The third-order valence-electron chi connectivity index (χ3n) is 8.83. The van der Waals surface area contributed by atoms with E-state index in [1.165, 1.54) is 0 Å². The van der Waals surface area contributed by atoms with Gasteiger partial charge in [-0.1, -0.05) is 121 Å². The molecule has 7 aromatic carbocycles. The Labute approximate surface area is 301 Å². The molecule has 0 unspecified atom stereocenters. The summed E-state index contributed by atoms with van der Waals surface area (Å²) in [6.45, 7) is 0. The lowest BCUT2D eigenvalue weighted by Crippen LogP contribution is -2.00. The van der Waals surface area contributed by atoms with E-state index in [-0.39, 0.29) is 51.7 Å². The van der Waals surface area contributed by atoms with Crippen LogP contribution in [0, 0.1) is 0 Å². The molecule has 0 aliphatic heterocycles. The summed E-state index contributed by atoms with van der Waals surface area (Å²) in [6, 6.07) is 36.9. The van der Waals surface area contributed by atoms with Crippen molar-refractivity contribution in [1.82, 2.24) is 15.0 Å². The molecule has 0 amide bonds. The maximum Gasteiger partial charge on any atom is 0.164 e. The maximum atomic E-state index is 9.25. The molecule has 50 heavy (non-hydrogen) atoms. The van der Waals surface area contributed by atoms with Crippen molar-refractivity contribution in [3.63, 3.8) is 0 Å². The number of fused-ring (bicyclic) bond motifs is 6. The molecular formula is C45H27N3OS. The Morgan fingerprint density at radius 2 is 1.08 bits per heavy atom. The van der Waals surface area contributed by atoms with Crippen LogP contribution < -0.4 is 0 Å². The number of para-hydroxylation sites is 1. The highest BCUT2D eigenvalue weighted by Crippen LogP contribution is 2.42. The van der Waals surface area contributed by atoms with Gasteiger partial charge in [0.1, 0.15) is 11.2 Å². The molecule has 4 nitrogen and oxygen atoms in total. The smallest absolute Gasteiger partial charge is 0.164 e. The molecular weight excluding hydrogens is 631 g/mol. The van der Waals surface area contributed by atoms with Gasteiger partial charge in [-0.2, -0.15) is 0 Å². The lowest BCUT2D eigenvalue weighted by atomic mass is 9.95. The molecule has 10 rings (SSSR count). The monoisotopic (exact) mass is 664 g/mol. The molecule has 0 fully saturated rings. The number of hydrogen-bond acceptors (Lipinski definition) is 5. The van der Waals surface area contributed by atoms with E-state index in [0.717, 1.165) is 49.9 Å². The molecule has 0 bridgehead atoms. The molecule has 234 valence electrons. The quantitative estimate of drug-likeness (QED) is 0.184. The second kappa shape index (κ2) is 11.6. The van der Waals surface area contributed by atoms with Crippen molar-refractivity contribution in [3.8, 4) is 56.4 Å². The van der Waals surface area contributed by atoms with Gasteiger partial charge in [0, 0.05) is 47.6 Å². The molecule has 0 aliphatic rings. The first-order valence-electron chi connectivity index (χ1n) is 19.5. The van der Waals surface area contributed by atoms with Crippen molar-refractivity contribution in [2.75, 3.05) is 0 Å². The van der Waals surface area contributed by atoms with Crippen LogP contribution in [0.1, 0.15) is 9.60 Å². The Bertz CT molecular complexity index is 3280. The van der Waals surface area contributed by atoms with Crippen LogP contribution in [0.5, 0.6) is 0 Å². The number of aromatic nitrogens is 3. The standard InChI is InChI=1S/C45H27N3OS/c1-3-12-28(13-4-1)31-24-32(34-18-11-19-38-37-17-8-10-21-41(37)50-42(34)38)26-33(25-31)45-47-43(29-14-5-2-6-15-29)46-44(48-45)30-22-23-36-35-16-7-9-20-39(35)49-40(36)27-30/h1-27H/i8D,10D,11D,17D,18D,19D,21D. The number of benzene rings is 7. The minimum absolute atomic E-state index is 0.177. The first-order chi connectivity index (χ1) is 27.7. The highest BCUT2D eigenvalue weighted by atomic mass is 32.1. The lowest BCUT2D eigenvalue weighted by molar-refractivity contribution is 0.669. The van der Waals surface area contributed by atoms with E-state index in [9.17, 15) is 1.37 Å². The number of rotatable bonds is 5. The van der Waals surface area contributed by atoms with Crippen LogP contribution >= 0.6 is 11.3 Å². The van der Waals surface area contributed by atoms with Crippen molar-refractivity contribution >= 4 is 53.4 Å². The fourth-order valence-electron chi connectivity index (χ4n) is 6.45. The van der Waals surface area contributed by atoms with Crippen LogP contribution in [0.15, 0.2) is 168 Å². The second-order valence-electron chi connectivity index (χ2n) is 11.9. The Balaban J connectivity index is 1.25. The molecule has 0 atom stereocenters. The van der Waals surface area contributed by atoms with Crippen LogP contribution in [-0.2, 0) is 0 Å². The van der Waals surface area contributed by atoms with Gasteiger partial charge < -0.3 is 4.42 Å². The summed E-state index contributed by atoms with van der Waals surface area (Å²) < 4.78 is 68.2. The van der Waals surface area contributed by atoms with E-state index in [4.69, 9.17) is 27.6 Å². The molecule has 0 aliphatic carbocycles. The van der Waals surface area contributed by atoms with Crippen molar-refractivity contribution < 1.29 is 14.0 Å². The lowest BCUT2D eigenvalue weighted by Gasteiger charge is -2.13. The van der Waals surface area contributed by atoms with Crippen molar-refractivity contribution in [1.29, 1.82) is 0 Å². The van der Waals surface area contributed by atoms with E-state index in [0.29, 0.717) is 44.4 Å². The predicted molar refractivity (Wildman–Crippen MR) is 207 cm³/mol. The molecule has 0 N–H and O–H groups in total. The molecule has 10 aromatic rings. The second-order valence-corrected chi connectivity index (χ2v) is 12.9. The highest BCUT2D eigenvalue weighted by Gasteiger charge is 2.18. The van der Waals surface area contributed by atoms with Gasteiger partial charge in [0.05, 0.1) is 9.60 Å². The zero-order valence-electron chi connectivity index (χ0n) is 33.2. The van der Waals surface area contributed by atoms with Gasteiger partial charge in [-0.15, -0.1) is 11.3 Å². The Kier molecular flexibility index (Phi) is 5.17. The highest BCUT2D eigenvalue weighted by molar-refractivity contribution is 7.26. The zero-order chi connectivity index (χ0) is 39.1. The molecule has 0 spiro atoms. The first kappa shape index (κ1) is 22.3. The van der Waals surface area contributed by atoms with Crippen molar-refractivity contribution in [2.24, 2.45) is 0 Å². The van der Waals surface area contributed by atoms with Crippen LogP contribution in [0.4, 0.5) is 0 Å². The number of hydrogen-bond donors (Lipinski definition) is 0. The topological polar surface area (TPSA) is 51.8 Å². The SMILES string of the molecule is [2H]c1c([2H])c([2H])c2c(sc3c(-c4cc(-c5ccccc5)cc(-c5nc(-c6ccccc6)nc(-c6ccc7c(c6)oc6ccccc67)n5)c4)c([2H])c([2H])c([2H])c32)c1[2H]. The zero-order valence-corrected chi connectivity index (χ0v) is 27.0. The molecule has 3 aromatic heterocycles. The van der Waals surface area contributed by atoms with Gasteiger partial charge in [-0.3, -0.25) is 0 Å². The van der Waals surface area contributed by atoms with Crippen LogP contribution in [0.2, 0.25) is 0 Å². The third-order valence-corrected chi connectivity index (χ3v) is 9.95. The van der Waals surface area contributed by atoms with Gasteiger partial charge >= 0.3 is 0 Å². The summed E-state index contributed by atoms with van der Waals surface area (Å²) in [5, 5.41) is 2.39. The maximum absolute atomic E-state index is 9.25. The van der Waals surface area contributed by atoms with Crippen LogP contribution in [0.3, 0.4) is 0 Å².